The zero-order chi connectivity index (χ0) is 22.4. The van der Waals surface area contributed by atoms with Gasteiger partial charge in [0.25, 0.3) is 0 Å². The largest absolute Gasteiger partial charge is 0.507 e. The summed E-state index contributed by atoms with van der Waals surface area (Å²) in [4.78, 5) is 34.8. The standard InChI is InChI=1S/C24H21NO6/c1-15(26)16-9-11-17(12-10-16)25-24(30)31-22(7-4-8-23(28)29)20-13-14-21(27)19-6-3-2-5-18(19)20/h2-6,8-14,22,27H,7H2,1H3,(H,25,30)(H,28,29)/b8-4+/t22-/m1/s1. The van der Waals surface area contributed by atoms with Crippen molar-refractivity contribution in [3.63, 3.8) is 0 Å². The minimum Gasteiger partial charge on any atom is -0.507 e. The van der Waals surface area contributed by atoms with Crippen molar-refractivity contribution in [3.8, 4) is 5.75 Å². The van der Waals surface area contributed by atoms with Crippen LogP contribution < -0.4 is 5.32 Å². The molecule has 31 heavy (non-hydrogen) atoms. The van der Waals surface area contributed by atoms with Crippen molar-refractivity contribution in [1.29, 1.82) is 0 Å². The number of Topliss-reactive ketones (excluding diaryl/α,β-unsaturated/α-hetero) is 1. The number of fused-ring (bicyclic) bond motifs is 1. The number of aliphatic carboxylic acids is 1. The second-order valence-corrected chi connectivity index (χ2v) is 6.85. The predicted molar refractivity (Wildman–Crippen MR) is 116 cm³/mol. The Bertz CT molecular complexity index is 1150. The molecule has 0 saturated carbocycles. The molecule has 7 nitrogen and oxygen atoms in total. The van der Waals surface area contributed by atoms with Gasteiger partial charge in [-0.15, -0.1) is 0 Å². The van der Waals surface area contributed by atoms with Gasteiger partial charge in [0, 0.05) is 34.7 Å². The Morgan fingerprint density at radius 2 is 1.68 bits per heavy atom. The second kappa shape index (κ2) is 9.58. The van der Waals surface area contributed by atoms with Gasteiger partial charge in [-0.05, 0) is 42.6 Å². The van der Waals surface area contributed by atoms with Crippen LogP contribution >= 0.6 is 0 Å². The number of ether oxygens (including phenoxy) is 1. The number of hydrogen-bond acceptors (Lipinski definition) is 5. The molecule has 0 bridgehead atoms. The van der Waals surface area contributed by atoms with Gasteiger partial charge in [-0.2, -0.15) is 0 Å². The maximum absolute atomic E-state index is 12.5. The zero-order valence-electron chi connectivity index (χ0n) is 16.7. The van der Waals surface area contributed by atoms with Gasteiger partial charge in [-0.25, -0.2) is 9.59 Å². The Kier molecular flexibility index (Phi) is 6.67. The molecule has 0 radical (unpaired) electrons. The summed E-state index contributed by atoms with van der Waals surface area (Å²) in [6.45, 7) is 1.45. The third-order valence-corrected chi connectivity index (χ3v) is 4.68. The molecule has 3 aromatic rings. The van der Waals surface area contributed by atoms with E-state index in [1.165, 1.54) is 19.1 Å². The van der Waals surface area contributed by atoms with Crippen LogP contribution in [0.5, 0.6) is 5.75 Å². The van der Waals surface area contributed by atoms with E-state index < -0.39 is 18.2 Å². The van der Waals surface area contributed by atoms with Crippen molar-refractivity contribution in [3.05, 3.63) is 83.9 Å². The number of phenolic OH excluding ortho intramolecular Hbond substituents is 1. The summed E-state index contributed by atoms with van der Waals surface area (Å²) in [7, 11) is 0. The van der Waals surface area contributed by atoms with E-state index in [1.54, 1.807) is 54.6 Å². The number of hydrogen-bond donors (Lipinski definition) is 3. The fourth-order valence-electron chi connectivity index (χ4n) is 3.18. The number of carbonyl (C=O) groups excluding carboxylic acids is 2. The van der Waals surface area contributed by atoms with Crippen LogP contribution in [0.15, 0.2) is 72.8 Å². The summed E-state index contributed by atoms with van der Waals surface area (Å²) in [5, 5.41) is 22.9. The predicted octanol–water partition coefficient (Wildman–Crippen LogP) is 5.07. The van der Waals surface area contributed by atoms with Crippen molar-refractivity contribution in [2.75, 3.05) is 5.32 Å². The minimum atomic E-state index is -1.11. The van der Waals surface area contributed by atoms with Gasteiger partial charge in [0.05, 0.1) is 0 Å². The molecule has 0 aliphatic carbocycles. The van der Waals surface area contributed by atoms with E-state index in [2.05, 4.69) is 5.32 Å². The first-order chi connectivity index (χ1) is 14.8. The summed E-state index contributed by atoms with van der Waals surface area (Å²) in [6, 6.07) is 16.6. The average molecular weight is 419 g/mol. The van der Waals surface area contributed by atoms with Gasteiger partial charge in [-0.3, -0.25) is 10.1 Å². The highest BCUT2D eigenvalue weighted by atomic mass is 16.6. The fraction of sp³-hybridized carbons (Fsp3) is 0.125. The van der Waals surface area contributed by atoms with Crippen LogP contribution in [-0.4, -0.2) is 28.1 Å². The zero-order valence-corrected chi connectivity index (χ0v) is 16.7. The molecule has 0 aliphatic rings. The fourth-order valence-corrected chi connectivity index (χ4v) is 3.18. The maximum atomic E-state index is 12.5. The number of aromatic hydroxyl groups is 1. The highest BCUT2D eigenvalue weighted by Gasteiger charge is 2.19. The Labute approximate surface area is 178 Å². The molecule has 3 N–H and O–H groups in total. The number of carboxylic acids is 1. The van der Waals surface area contributed by atoms with Gasteiger partial charge in [-0.1, -0.05) is 36.4 Å². The van der Waals surface area contributed by atoms with Crippen LogP contribution in [0.3, 0.4) is 0 Å². The molecule has 0 heterocycles. The minimum absolute atomic E-state index is 0.0846. The summed E-state index contributed by atoms with van der Waals surface area (Å²) in [5.41, 5.74) is 1.60. The van der Waals surface area contributed by atoms with Gasteiger partial charge >= 0.3 is 12.1 Å². The molecule has 1 atom stereocenters. The second-order valence-electron chi connectivity index (χ2n) is 6.85. The topological polar surface area (TPSA) is 113 Å². The smallest absolute Gasteiger partial charge is 0.412 e. The third-order valence-electron chi connectivity index (χ3n) is 4.68. The van der Waals surface area contributed by atoms with E-state index in [1.807, 2.05) is 0 Å². The SMILES string of the molecule is CC(=O)c1ccc(NC(=O)O[C@H](C/C=C/C(=O)O)c2ccc(O)c3ccccc23)cc1. The molecule has 3 rings (SSSR count). The van der Waals surface area contributed by atoms with E-state index in [0.29, 0.717) is 27.6 Å². The normalized spacial score (nSPS) is 11.9. The van der Waals surface area contributed by atoms with E-state index in [9.17, 15) is 19.5 Å². The first-order valence-electron chi connectivity index (χ1n) is 9.54. The van der Waals surface area contributed by atoms with Crippen LogP contribution in [0, 0.1) is 0 Å². The summed E-state index contributed by atoms with van der Waals surface area (Å²) >= 11 is 0. The van der Waals surface area contributed by atoms with E-state index >= 15 is 0 Å². The van der Waals surface area contributed by atoms with E-state index in [0.717, 1.165) is 6.08 Å². The summed E-state index contributed by atoms with van der Waals surface area (Å²) < 4.78 is 5.61. The quantitative estimate of drug-likeness (QED) is 0.364. The molecule has 158 valence electrons. The third kappa shape index (κ3) is 5.48. The van der Waals surface area contributed by atoms with Gasteiger partial charge in [0.2, 0.25) is 0 Å². The Balaban J connectivity index is 1.86. The van der Waals surface area contributed by atoms with Gasteiger partial charge in [0.15, 0.2) is 5.78 Å². The highest BCUT2D eigenvalue weighted by molar-refractivity contribution is 5.95. The molecule has 0 fully saturated rings. The molecule has 0 aromatic heterocycles. The molecular formula is C24H21NO6. The van der Waals surface area contributed by atoms with Crippen molar-refractivity contribution in [1.82, 2.24) is 0 Å². The van der Waals surface area contributed by atoms with Crippen LogP contribution in [-0.2, 0) is 9.53 Å². The number of rotatable bonds is 7. The lowest BCUT2D eigenvalue weighted by Gasteiger charge is -2.19. The number of phenols is 1. The number of ketones is 1. The van der Waals surface area contributed by atoms with Crippen LogP contribution in [0.2, 0.25) is 0 Å². The molecule has 7 heteroatoms. The lowest BCUT2D eigenvalue weighted by molar-refractivity contribution is -0.131. The van der Waals surface area contributed by atoms with E-state index in [4.69, 9.17) is 9.84 Å². The summed E-state index contributed by atoms with van der Waals surface area (Å²) in [5.74, 6) is -1.10. The number of benzene rings is 3. The maximum Gasteiger partial charge on any atom is 0.412 e. The molecule has 0 unspecified atom stereocenters. The van der Waals surface area contributed by atoms with Crippen molar-refractivity contribution in [2.45, 2.75) is 19.4 Å². The Morgan fingerprint density at radius 1 is 1.00 bits per heavy atom. The van der Waals surface area contributed by atoms with E-state index in [-0.39, 0.29) is 18.0 Å². The Morgan fingerprint density at radius 3 is 2.32 bits per heavy atom. The number of nitrogens with one attached hydrogen (secondary N) is 1. The van der Waals surface area contributed by atoms with Crippen LogP contribution in [0.4, 0.5) is 10.5 Å². The average Bonchev–Trinajstić information content (AvgIpc) is 2.74. The lowest BCUT2D eigenvalue weighted by Crippen LogP contribution is -2.17. The first kappa shape index (κ1) is 21.6. The molecule has 3 aromatic carbocycles. The lowest BCUT2D eigenvalue weighted by atomic mass is 9.97. The van der Waals surface area contributed by atoms with Crippen molar-refractivity contribution >= 4 is 34.3 Å². The molecule has 1 amide bonds. The van der Waals surface area contributed by atoms with Crippen LogP contribution in [0.1, 0.15) is 35.4 Å². The van der Waals surface area contributed by atoms with Gasteiger partial charge in [0.1, 0.15) is 11.9 Å². The number of amides is 1. The summed E-state index contributed by atoms with van der Waals surface area (Å²) in [6.07, 6.45) is 0.984. The first-order valence-corrected chi connectivity index (χ1v) is 9.54. The van der Waals surface area contributed by atoms with Crippen LogP contribution in [0.25, 0.3) is 10.8 Å². The number of anilines is 1. The molecular weight excluding hydrogens is 398 g/mol. The number of carboxylic acid groups (broad SMARTS) is 1. The van der Waals surface area contributed by atoms with Gasteiger partial charge < -0.3 is 14.9 Å². The Hall–Kier alpha value is -4.13. The number of carbonyl (C=O) groups is 3. The van der Waals surface area contributed by atoms with Crippen molar-refractivity contribution in [2.24, 2.45) is 0 Å². The molecule has 0 saturated heterocycles. The highest BCUT2D eigenvalue weighted by Crippen LogP contribution is 2.34. The monoisotopic (exact) mass is 419 g/mol. The molecule has 0 spiro atoms. The van der Waals surface area contributed by atoms with Crippen molar-refractivity contribution < 1.29 is 29.3 Å². The molecule has 0 aliphatic heterocycles.